The third kappa shape index (κ3) is 4.06. The van der Waals surface area contributed by atoms with Crippen LogP contribution in [0.15, 0.2) is 24.5 Å². The van der Waals surface area contributed by atoms with Crippen molar-refractivity contribution in [1.82, 2.24) is 19.7 Å². The molecule has 2 fully saturated rings. The van der Waals surface area contributed by atoms with Gasteiger partial charge in [-0.05, 0) is 50.9 Å². The molecular weight excluding hydrogens is 328 g/mol. The molecule has 0 aromatic carbocycles. The average molecular weight is 358 g/mol. The highest BCUT2D eigenvalue weighted by Gasteiger charge is 2.43. The minimum absolute atomic E-state index is 0.0653. The summed E-state index contributed by atoms with van der Waals surface area (Å²) in [7, 11) is 2.14. The van der Waals surface area contributed by atoms with Gasteiger partial charge in [0.25, 0.3) is 0 Å². The summed E-state index contributed by atoms with van der Waals surface area (Å²) < 4.78 is 0. The Labute approximate surface area is 156 Å². The number of pyridine rings is 1. The number of nitrogens with zero attached hydrogens (tertiary/aromatic N) is 4. The number of carbonyl (C=O) groups excluding carboxylic acids is 2. The van der Waals surface area contributed by atoms with E-state index in [-0.39, 0.29) is 17.4 Å². The molecule has 1 atom stereocenters. The SMILES string of the molecule is CCN1CC[C@@]2(CCC1=O)CN(C(=O)CCc1ccncc1)CCN2C. The fraction of sp³-hybridized carbons (Fsp3) is 0.650. The van der Waals surface area contributed by atoms with Gasteiger partial charge in [0.05, 0.1) is 0 Å². The molecule has 2 saturated heterocycles. The molecule has 26 heavy (non-hydrogen) atoms. The third-order valence-electron chi connectivity index (χ3n) is 6.12. The van der Waals surface area contributed by atoms with Gasteiger partial charge in [-0.1, -0.05) is 0 Å². The minimum atomic E-state index is -0.0653. The Morgan fingerprint density at radius 1 is 1.19 bits per heavy atom. The van der Waals surface area contributed by atoms with Crippen molar-refractivity contribution in [3.05, 3.63) is 30.1 Å². The fourth-order valence-electron chi connectivity index (χ4n) is 4.20. The first-order valence-corrected chi connectivity index (χ1v) is 9.70. The van der Waals surface area contributed by atoms with Crippen LogP contribution >= 0.6 is 0 Å². The molecule has 1 aromatic rings. The summed E-state index contributed by atoms with van der Waals surface area (Å²) in [6.07, 6.45) is 7.19. The molecule has 2 amide bonds. The van der Waals surface area contributed by atoms with E-state index in [4.69, 9.17) is 0 Å². The van der Waals surface area contributed by atoms with E-state index in [1.807, 2.05) is 28.9 Å². The second-order valence-corrected chi connectivity index (χ2v) is 7.54. The molecule has 6 nitrogen and oxygen atoms in total. The lowest BCUT2D eigenvalue weighted by atomic mass is 9.86. The fourth-order valence-corrected chi connectivity index (χ4v) is 4.20. The number of piperazine rings is 1. The van der Waals surface area contributed by atoms with E-state index in [9.17, 15) is 9.59 Å². The van der Waals surface area contributed by atoms with Crippen LogP contribution in [0.2, 0.25) is 0 Å². The van der Waals surface area contributed by atoms with Crippen LogP contribution in [0.3, 0.4) is 0 Å². The van der Waals surface area contributed by atoms with Crippen molar-refractivity contribution >= 4 is 11.8 Å². The van der Waals surface area contributed by atoms with Crippen LogP contribution in [0.5, 0.6) is 0 Å². The molecule has 0 bridgehead atoms. The van der Waals surface area contributed by atoms with Gasteiger partial charge >= 0.3 is 0 Å². The molecule has 3 heterocycles. The van der Waals surface area contributed by atoms with Crippen molar-refractivity contribution in [2.75, 3.05) is 39.8 Å². The van der Waals surface area contributed by atoms with Crippen molar-refractivity contribution in [3.8, 4) is 0 Å². The predicted octanol–water partition coefficient (Wildman–Crippen LogP) is 1.56. The highest BCUT2D eigenvalue weighted by atomic mass is 16.2. The van der Waals surface area contributed by atoms with Crippen molar-refractivity contribution in [1.29, 1.82) is 0 Å². The number of likely N-dealkylation sites (N-methyl/N-ethyl adjacent to an activating group) is 1. The molecule has 1 spiro atoms. The molecule has 0 unspecified atom stereocenters. The van der Waals surface area contributed by atoms with Gasteiger partial charge in [-0.25, -0.2) is 0 Å². The number of aromatic nitrogens is 1. The van der Waals surface area contributed by atoms with Gasteiger partial charge in [-0.15, -0.1) is 0 Å². The van der Waals surface area contributed by atoms with Crippen molar-refractivity contribution in [2.24, 2.45) is 0 Å². The Bertz CT molecular complexity index is 636. The zero-order chi connectivity index (χ0) is 18.6. The molecule has 0 N–H and O–H groups in total. The summed E-state index contributed by atoms with van der Waals surface area (Å²) in [6, 6.07) is 3.93. The highest BCUT2D eigenvalue weighted by molar-refractivity contribution is 5.77. The summed E-state index contributed by atoms with van der Waals surface area (Å²) >= 11 is 0. The molecule has 0 aliphatic carbocycles. The van der Waals surface area contributed by atoms with Crippen molar-refractivity contribution < 1.29 is 9.59 Å². The molecular formula is C20H30N4O2. The Morgan fingerprint density at radius 2 is 1.96 bits per heavy atom. The van der Waals surface area contributed by atoms with Gasteiger partial charge in [0.15, 0.2) is 0 Å². The van der Waals surface area contributed by atoms with Crippen LogP contribution in [0.1, 0.15) is 38.2 Å². The molecule has 1 aromatic heterocycles. The quantitative estimate of drug-likeness (QED) is 0.820. The molecule has 142 valence electrons. The van der Waals surface area contributed by atoms with E-state index in [2.05, 4.69) is 16.9 Å². The number of hydrogen-bond donors (Lipinski definition) is 0. The second-order valence-electron chi connectivity index (χ2n) is 7.54. The maximum absolute atomic E-state index is 12.8. The van der Waals surface area contributed by atoms with Gasteiger partial charge < -0.3 is 9.80 Å². The zero-order valence-corrected chi connectivity index (χ0v) is 16.0. The molecule has 2 aliphatic heterocycles. The average Bonchev–Trinajstić information content (AvgIpc) is 2.82. The molecule has 0 radical (unpaired) electrons. The third-order valence-corrected chi connectivity index (χ3v) is 6.12. The van der Waals surface area contributed by atoms with E-state index in [0.717, 1.165) is 57.5 Å². The van der Waals surface area contributed by atoms with Crippen LogP contribution in [-0.2, 0) is 16.0 Å². The van der Waals surface area contributed by atoms with Gasteiger partial charge in [-0.3, -0.25) is 19.5 Å². The summed E-state index contributed by atoms with van der Waals surface area (Å²) in [5, 5.41) is 0. The van der Waals surface area contributed by atoms with E-state index in [0.29, 0.717) is 12.8 Å². The van der Waals surface area contributed by atoms with Crippen LogP contribution in [0.25, 0.3) is 0 Å². The highest BCUT2D eigenvalue weighted by Crippen LogP contribution is 2.32. The first-order valence-electron chi connectivity index (χ1n) is 9.70. The standard InChI is InChI=1S/C20H30N4O2/c1-3-23-13-10-20(9-6-19(23)26)16-24(15-14-22(20)2)18(25)5-4-17-7-11-21-12-8-17/h7-8,11-12H,3-6,9-10,13-16H2,1-2H3/t20-/m0/s1. The maximum atomic E-state index is 12.8. The van der Waals surface area contributed by atoms with Gasteiger partial charge in [0.2, 0.25) is 11.8 Å². The van der Waals surface area contributed by atoms with E-state index in [1.165, 1.54) is 0 Å². The van der Waals surface area contributed by atoms with Crippen LogP contribution in [0, 0.1) is 0 Å². The predicted molar refractivity (Wildman–Crippen MR) is 101 cm³/mol. The van der Waals surface area contributed by atoms with Gasteiger partial charge in [0.1, 0.15) is 0 Å². The van der Waals surface area contributed by atoms with Crippen LogP contribution < -0.4 is 0 Å². The summed E-state index contributed by atoms with van der Waals surface area (Å²) in [5.74, 6) is 0.469. The van der Waals surface area contributed by atoms with Crippen LogP contribution in [0.4, 0.5) is 0 Å². The van der Waals surface area contributed by atoms with Crippen LogP contribution in [-0.4, -0.2) is 76.8 Å². The van der Waals surface area contributed by atoms with Gasteiger partial charge in [-0.2, -0.15) is 0 Å². The summed E-state index contributed by atoms with van der Waals surface area (Å²) in [5.41, 5.74) is 1.08. The molecule has 6 heteroatoms. The Balaban J connectivity index is 1.63. The number of amides is 2. The minimum Gasteiger partial charge on any atom is -0.343 e. The van der Waals surface area contributed by atoms with E-state index >= 15 is 0 Å². The monoisotopic (exact) mass is 358 g/mol. The number of hydrogen-bond acceptors (Lipinski definition) is 4. The lowest BCUT2D eigenvalue weighted by Gasteiger charge is -2.49. The number of likely N-dealkylation sites (tertiary alicyclic amines) is 1. The normalized spacial score (nSPS) is 24.8. The lowest BCUT2D eigenvalue weighted by Crippen LogP contribution is -2.62. The Hall–Kier alpha value is -1.95. The first-order chi connectivity index (χ1) is 12.5. The van der Waals surface area contributed by atoms with Gasteiger partial charge in [0, 0.05) is 63.5 Å². The number of aryl methyl sites for hydroxylation is 1. The van der Waals surface area contributed by atoms with Crippen molar-refractivity contribution in [2.45, 2.75) is 44.6 Å². The zero-order valence-electron chi connectivity index (χ0n) is 16.0. The van der Waals surface area contributed by atoms with E-state index in [1.54, 1.807) is 12.4 Å². The second kappa shape index (κ2) is 8.16. The topological polar surface area (TPSA) is 56.8 Å². The molecule has 0 saturated carbocycles. The summed E-state index contributed by atoms with van der Waals surface area (Å²) in [6.45, 7) is 5.99. The largest absolute Gasteiger partial charge is 0.343 e. The molecule has 2 aliphatic rings. The lowest BCUT2D eigenvalue weighted by molar-refractivity contribution is -0.136. The maximum Gasteiger partial charge on any atom is 0.223 e. The first kappa shape index (κ1) is 18.8. The molecule has 3 rings (SSSR count). The number of carbonyl (C=O) groups is 2. The number of rotatable bonds is 4. The van der Waals surface area contributed by atoms with E-state index < -0.39 is 0 Å². The van der Waals surface area contributed by atoms with Crippen molar-refractivity contribution in [3.63, 3.8) is 0 Å². The summed E-state index contributed by atoms with van der Waals surface area (Å²) in [4.78, 5) is 35.4. The smallest absolute Gasteiger partial charge is 0.223 e. The Morgan fingerprint density at radius 3 is 2.69 bits per heavy atom. The Kier molecular flexibility index (Phi) is 5.91.